The molecule has 0 bridgehead atoms. The zero-order chi connectivity index (χ0) is 8.39. The first-order valence-electron chi connectivity index (χ1n) is 3.63. The van der Waals surface area contributed by atoms with Crippen LogP contribution in [0.4, 0.5) is 11.4 Å². The molecule has 2 rings (SSSR count). The average molecular weight is 157 g/mol. The molecular weight excluding hydrogens is 150 g/mol. The molecule has 0 unspecified atom stereocenters. The van der Waals surface area contributed by atoms with Gasteiger partial charge in [0, 0.05) is 12.4 Å². The number of anilines is 2. The van der Waals surface area contributed by atoms with E-state index in [2.05, 4.69) is 11.5 Å². The summed E-state index contributed by atoms with van der Waals surface area (Å²) in [7, 11) is 0. The van der Waals surface area contributed by atoms with Gasteiger partial charge in [-0.2, -0.15) is 5.26 Å². The number of hydrogen-bond acceptors (Lipinski definition) is 3. The summed E-state index contributed by atoms with van der Waals surface area (Å²) in [5.74, 6) is 0. The van der Waals surface area contributed by atoms with Gasteiger partial charge in [0.05, 0.1) is 11.4 Å². The molecule has 1 aliphatic heterocycles. The third-order valence-electron chi connectivity index (χ3n) is 1.73. The largest absolute Gasteiger partial charge is 0.359 e. The number of nitriles is 1. The van der Waals surface area contributed by atoms with E-state index in [1.165, 1.54) is 4.90 Å². The Labute approximate surface area is 70.5 Å². The van der Waals surface area contributed by atoms with Gasteiger partial charge in [-0.15, -0.1) is 0 Å². The van der Waals surface area contributed by atoms with Crippen molar-refractivity contribution >= 4 is 11.4 Å². The van der Waals surface area contributed by atoms with E-state index in [0.717, 1.165) is 11.4 Å². The van der Waals surface area contributed by atoms with Crippen molar-refractivity contribution < 1.29 is 0 Å². The lowest BCUT2D eigenvalue weighted by molar-refractivity contribution is 1.24. The van der Waals surface area contributed by atoms with Crippen LogP contribution in [0.3, 0.4) is 0 Å². The van der Waals surface area contributed by atoms with Gasteiger partial charge in [-0.1, -0.05) is 12.1 Å². The Hall–Kier alpha value is -1.95. The molecule has 0 atom stereocenters. The number of hydrogen-bond donors (Lipinski definition) is 1. The number of nitrogens with zero attached hydrogens (tertiary/aromatic N) is 2. The standard InChI is InChI=1S/C9H7N3/c10-7-12-6-5-11-8-3-1-2-4-9(8)12/h1-6,11H. The van der Waals surface area contributed by atoms with E-state index in [1.54, 1.807) is 12.4 Å². The molecule has 0 spiro atoms. The molecule has 0 saturated carbocycles. The van der Waals surface area contributed by atoms with E-state index < -0.39 is 0 Å². The van der Waals surface area contributed by atoms with Crippen LogP contribution < -0.4 is 10.2 Å². The average Bonchev–Trinajstić information content (AvgIpc) is 2.17. The van der Waals surface area contributed by atoms with E-state index in [-0.39, 0.29) is 0 Å². The molecule has 1 aliphatic rings. The molecule has 0 radical (unpaired) electrons. The summed E-state index contributed by atoms with van der Waals surface area (Å²) in [5, 5.41) is 11.8. The van der Waals surface area contributed by atoms with Crippen molar-refractivity contribution in [2.75, 3.05) is 10.2 Å². The lowest BCUT2D eigenvalue weighted by Gasteiger charge is -2.19. The zero-order valence-electron chi connectivity index (χ0n) is 6.36. The van der Waals surface area contributed by atoms with Crippen LogP contribution in [-0.4, -0.2) is 0 Å². The quantitative estimate of drug-likeness (QED) is 0.584. The molecule has 3 heteroatoms. The van der Waals surface area contributed by atoms with Crippen molar-refractivity contribution in [3.8, 4) is 6.19 Å². The van der Waals surface area contributed by atoms with Gasteiger partial charge in [0.25, 0.3) is 0 Å². The van der Waals surface area contributed by atoms with Gasteiger partial charge in [-0.25, -0.2) is 0 Å². The Morgan fingerprint density at radius 3 is 3.00 bits per heavy atom. The van der Waals surface area contributed by atoms with Crippen LogP contribution in [0.5, 0.6) is 0 Å². The number of nitrogens with one attached hydrogen (secondary N) is 1. The van der Waals surface area contributed by atoms with E-state index >= 15 is 0 Å². The second-order valence-electron chi connectivity index (χ2n) is 2.45. The van der Waals surface area contributed by atoms with Gasteiger partial charge in [0.1, 0.15) is 0 Å². The summed E-state index contributed by atoms with van der Waals surface area (Å²) >= 11 is 0. The topological polar surface area (TPSA) is 39.1 Å². The van der Waals surface area contributed by atoms with Crippen molar-refractivity contribution in [1.29, 1.82) is 5.26 Å². The molecule has 1 N–H and O–H groups in total. The van der Waals surface area contributed by atoms with Crippen LogP contribution in [0.15, 0.2) is 36.7 Å². The summed E-state index contributed by atoms with van der Waals surface area (Å²) in [6, 6.07) is 7.67. The van der Waals surface area contributed by atoms with E-state index in [1.807, 2.05) is 24.3 Å². The number of benzene rings is 1. The highest BCUT2D eigenvalue weighted by Crippen LogP contribution is 2.27. The summed E-state index contributed by atoms with van der Waals surface area (Å²) in [5.41, 5.74) is 1.85. The Balaban J connectivity index is 2.51. The fourth-order valence-electron chi connectivity index (χ4n) is 1.17. The highest BCUT2D eigenvalue weighted by Gasteiger charge is 2.09. The molecule has 58 valence electrons. The molecule has 0 amide bonds. The molecule has 0 saturated heterocycles. The maximum atomic E-state index is 8.73. The van der Waals surface area contributed by atoms with Crippen LogP contribution in [0, 0.1) is 11.5 Å². The molecule has 3 nitrogen and oxygen atoms in total. The van der Waals surface area contributed by atoms with Crippen LogP contribution in [-0.2, 0) is 0 Å². The molecule has 1 aromatic rings. The third-order valence-corrected chi connectivity index (χ3v) is 1.73. The van der Waals surface area contributed by atoms with Gasteiger partial charge in [0.15, 0.2) is 6.19 Å². The van der Waals surface area contributed by atoms with E-state index in [4.69, 9.17) is 5.26 Å². The second-order valence-corrected chi connectivity index (χ2v) is 2.45. The van der Waals surface area contributed by atoms with Crippen molar-refractivity contribution in [3.63, 3.8) is 0 Å². The molecule has 1 heterocycles. The highest BCUT2D eigenvalue weighted by molar-refractivity contribution is 5.76. The molecular formula is C9H7N3. The van der Waals surface area contributed by atoms with Crippen LogP contribution in [0.1, 0.15) is 0 Å². The fourth-order valence-corrected chi connectivity index (χ4v) is 1.17. The van der Waals surface area contributed by atoms with Crippen molar-refractivity contribution in [1.82, 2.24) is 0 Å². The maximum absolute atomic E-state index is 8.73. The second kappa shape index (κ2) is 2.59. The van der Waals surface area contributed by atoms with Gasteiger partial charge in [-0.3, -0.25) is 4.90 Å². The zero-order valence-corrected chi connectivity index (χ0v) is 6.36. The first-order chi connectivity index (χ1) is 5.92. The summed E-state index contributed by atoms with van der Waals surface area (Å²) < 4.78 is 0. The first-order valence-corrected chi connectivity index (χ1v) is 3.63. The SMILES string of the molecule is N#CN1C=CNc2ccccc21. The van der Waals surface area contributed by atoms with Crippen molar-refractivity contribution in [2.24, 2.45) is 0 Å². The van der Waals surface area contributed by atoms with Gasteiger partial charge >= 0.3 is 0 Å². The van der Waals surface area contributed by atoms with Crippen LogP contribution in [0.2, 0.25) is 0 Å². The van der Waals surface area contributed by atoms with Crippen molar-refractivity contribution in [2.45, 2.75) is 0 Å². The predicted octanol–water partition coefficient (Wildman–Crippen LogP) is 1.87. The number of para-hydroxylation sites is 2. The molecule has 0 fully saturated rings. The summed E-state index contributed by atoms with van der Waals surface area (Å²) in [4.78, 5) is 1.52. The Morgan fingerprint density at radius 2 is 2.17 bits per heavy atom. The van der Waals surface area contributed by atoms with Crippen molar-refractivity contribution in [3.05, 3.63) is 36.7 Å². The molecule has 0 aliphatic carbocycles. The van der Waals surface area contributed by atoms with Gasteiger partial charge in [-0.05, 0) is 12.1 Å². The normalized spacial score (nSPS) is 13.1. The summed E-state index contributed by atoms with van der Waals surface area (Å²) in [6.45, 7) is 0. The molecule has 0 aromatic heterocycles. The lowest BCUT2D eigenvalue weighted by atomic mass is 10.2. The fraction of sp³-hybridized carbons (Fsp3) is 0. The highest BCUT2D eigenvalue weighted by atomic mass is 15.1. The molecule has 1 aromatic carbocycles. The smallest absolute Gasteiger partial charge is 0.188 e. The minimum atomic E-state index is 0.891. The first kappa shape index (κ1) is 6.74. The summed E-state index contributed by atoms with van der Waals surface area (Å²) in [6.07, 6.45) is 5.50. The van der Waals surface area contributed by atoms with E-state index in [0.29, 0.717) is 0 Å². The minimum absolute atomic E-state index is 0.891. The van der Waals surface area contributed by atoms with Crippen LogP contribution in [0.25, 0.3) is 0 Å². The van der Waals surface area contributed by atoms with E-state index in [9.17, 15) is 0 Å². The predicted molar refractivity (Wildman–Crippen MR) is 47.3 cm³/mol. The Morgan fingerprint density at radius 1 is 1.33 bits per heavy atom. The van der Waals surface area contributed by atoms with Gasteiger partial charge in [0.2, 0.25) is 0 Å². The number of fused-ring (bicyclic) bond motifs is 1. The monoisotopic (exact) mass is 157 g/mol. The Bertz CT molecular complexity index is 362. The van der Waals surface area contributed by atoms with Crippen LogP contribution >= 0.6 is 0 Å². The number of rotatable bonds is 0. The lowest BCUT2D eigenvalue weighted by Crippen LogP contribution is -2.13. The maximum Gasteiger partial charge on any atom is 0.188 e. The minimum Gasteiger partial charge on any atom is -0.359 e. The molecule has 12 heavy (non-hydrogen) atoms. The third kappa shape index (κ3) is 0.903. The Kier molecular flexibility index (Phi) is 1.45. The van der Waals surface area contributed by atoms with Gasteiger partial charge < -0.3 is 5.32 Å².